The lowest BCUT2D eigenvalue weighted by Gasteiger charge is -2.24. The van der Waals surface area contributed by atoms with Crippen molar-refractivity contribution in [2.24, 2.45) is 0 Å². The van der Waals surface area contributed by atoms with Crippen molar-refractivity contribution in [3.8, 4) is 0 Å². The topological polar surface area (TPSA) is 57.6 Å². The predicted molar refractivity (Wildman–Crippen MR) is 102 cm³/mol. The lowest BCUT2D eigenvalue weighted by Crippen LogP contribution is -2.30. The molecule has 0 saturated carbocycles. The molecule has 0 spiro atoms. The van der Waals surface area contributed by atoms with Gasteiger partial charge in [-0.25, -0.2) is 4.39 Å². The Morgan fingerprint density at radius 3 is 2.22 bits per heavy atom. The molecule has 0 bridgehead atoms. The van der Waals surface area contributed by atoms with E-state index in [-0.39, 0.29) is 11.3 Å². The SMILES string of the molecule is CCCN1C(=O)C(=O)/C(=C(\O)c2ccc(CC)cc2)C1c1ccc(F)cc1. The summed E-state index contributed by atoms with van der Waals surface area (Å²) in [6.45, 7) is 4.31. The number of nitrogens with zero attached hydrogens (tertiary/aromatic N) is 1. The Morgan fingerprint density at radius 1 is 1.04 bits per heavy atom. The molecule has 4 nitrogen and oxygen atoms in total. The van der Waals surface area contributed by atoms with E-state index in [0.29, 0.717) is 24.1 Å². The highest BCUT2D eigenvalue weighted by Crippen LogP contribution is 2.39. The molecule has 1 N–H and O–H groups in total. The van der Waals surface area contributed by atoms with Crippen molar-refractivity contribution in [3.05, 3.63) is 76.6 Å². The van der Waals surface area contributed by atoms with Gasteiger partial charge in [0.2, 0.25) is 0 Å². The summed E-state index contributed by atoms with van der Waals surface area (Å²) in [6, 6.07) is 12.2. The number of likely N-dealkylation sites (tertiary alicyclic amines) is 1. The summed E-state index contributed by atoms with van der Waals surface area (Å²) in [5.41, 5.74) is 2.22. The number of carbonyl (C=O) groups excluding carboxylic acids is 2. The Morgan fingerprint density at radius 2 is 1.67 bits per heavy atom. The molecular formula is C22H22FNO3. The number of benzene rings is 2. The molecule has 1 amide bonds. The van der Waals surface area contributed by atoms with Gasteiger partial charge in [-0.3, -0.25) is 9.59 Å². The first kappa shape index (κ1) is 18.8. The van der Waals surface area contributed by atoms with Gasteiger partial charge in [0.25, 0.3) is 11.7 Å². The Balaban J connectivity index is 2.14. The van der Waals surface area contributed by atoms with Crippen molar-refractivity contribution in [2.45, 2.75) is 32.7 Å². The highest BCUT2D eigenvalue weighted by Gasteiger charge is 2.45. The van der Waals surface area contributed by atoms with E-state index < -0.39 is 23.5 Å². The van der Waals surface area contributed by atoms with E-state index in [4.69, 9.17) is 0 Å². The van der Waals surface area contributed by atoms with Gasteiger partial charge in [0.1, 0.15) is 11.6 Å². The molecule has 2 aromatic rings. The van der Waals surface area contributed by atoms with Gasteiger partial charge in [0, 0.05) is 12.1 Å². The lowest BCUT2D eigenvalue weighted by atomic mass is 9.95. The zero-order valence-electron chi connectivity index (χ0n) is 15.4. The van der Waals surface area contributed by atoms with Crippen LogP contribution in [0.25, 0.3) is 5.76 Å². The number of Topliss-reactive ketones (excluding diaryl/α,β-unsaturated/α-hetero) is 1. The van der Waals surface area contributed by atoms with E-state index in [2.05, 4.69) is 0 Å². The molecule has 1 fully saturated rings. The maximum Gasteiger partial charge on any atom is 0.295 e. The van der Waals surface area contributed by atoms with Gasteiger partial charge in [-0.05, 0) is 36.1 Å². The fraction of sp³-hybridized carbons (Fsp3) is 0.273. The van der Waals surface area contributed by atoms with Crippen LogP contribution in [0.2, 0.25) is 0 Å². The summed E-state index contributed by atoms with van der Waals surface area (Å²) in [4.78, 5) is 26.7. The molecule has 140 valence electrons. The van der Waals surface area contributed by atoms with E-state index >= 15 is 0 Å². The van der Waals surface area contributed by atoms with Crippen LogP contribution in [-0.4, -0.2) is 28.2 Å². The highest BCUT2D eigenvalue weighted by atomic mass is 19.1. The number of hydrogen-bond acceptors (Lipinski definition) is 3. The molecule has 5 heteroatoms. The normalized spacial score (nSPS) is 18.9. The Bertz CT molecular complexity index is 885. The monoisotopic (exact) mass is 367 g/mol. The first-order valence-corrected chi connectivity index (χ1v) is 9.11. The van der Waals surface area contributed by atoms with Crippen LogP contribution in [0, 0.1) is 5.82 Å². The molecule has 0 radical (unpaired) electrons. The number of carbonyl (C=O) groups is 2. The highest BCUT2D eigenvalue weighted by molar-refractivity contribution is 6.46. The van der Waals surface area contributed by atoms with Gasteiger partial charge in [-0.2, -0.15) is 0 Å². The summed E-state index contributed by atoms with van der Waals surface area (Å²) in [5.74, 6) is -1.96. The van der Waals surface area contributed by atoms with Crippen LogP contribution >= 0.6 is 0 Å². The molecule has 27 heavy (non-hydrogen) atoms. The van der Waals surface area contributed by atoms with Crippen molar-refractivity contribution in [1.29, 1.82) is 0 Å². The van der Waals surface area contributed by atoms with E-state index in [1.807, 2.05) is 26.0 Å². The van der Waals surface area contributed by atoms with Crippen LogP contribution in [0.15, 0.2) is 54.1 Å². The van der Waals surface area contributed by atoms with Gasteiger partial charge in [0.15, 0.2) is 0 Å². The molecular weight excluding hydrogens is 345 g/mol. The number of aryl methyl sites for hydroxylation is 1. The summed E-state index contributed by atoms with van der Waals surface area (Å²) in [7, 11) is 0. The first-order valence-electron chi connectivity index (χ1n) is 9.11. The van der Waals surface area contributed by atoms with Gasteiger partial charge in [-0.1, -0.05) is 50.2 Å². The third-order valence-electron chi connectivity index (χ3n) is 4.83. The van der Waals surface area contributed by atoms with Gasteiger partial charge < -0.3 is 10.0 Å². The molecule has 2 aromatic carbocycles. The van der Waals surface area contributed by atoms with E-state index in [9.17, 15) is 19.1 Å². The van der Waals surface area contributed by atoms with Gasteiger partial charge in [-0.15, -0.1) is 0 Å². The molecule has 1 aliphatic heterocycles. The van der Waals surface area contributed by atoms with E-state index in [0.717, 1.165) is 12.0 Å². The molecule has 1 unspecified atom stereocenters. The Kier molecular flexibility index (Phi) is 5.40. The third-order valence-corrected chi connectivity index (χ3v) is 4.83. The second-order valence-corrected chi connectivity index (χ2v) is 6.59. The molecule has 3 rings (SSSR count). The minimum absolute atomic E-state index is 0.0457. The number of amides is 1. The predicted octanol–water partition coefficient (Wildman–Crippen LogP) is 4.22. The average molecular weight is 367 g/mol. The quantitative estimate of drug-likeness (QED) is 0.489. The van der Waals surface area contributed by atoms with Crippen molar-refractivity contribution < 1.29 is 19.1 Å². The van der Waals surface area contributed by atoms with Crippen molar-refractivity contribution in [3.63, 3.8) is 0 Å². The summed E-state index contributed by atoms with van der Waals surface area (Å²) in [5, 5.41) is 10.9. The summed E-state index contributed by atoms with van der Waals surface area (Å²) < 4.78 is 13.4. The largest absolute Gasteiger partial charge is 0.507 e. The van der Waals surface area contributed by atoms with Crippen LogP contribution in [0.1, 0.15) is 43.0 Å². The zero-order valence-corrected chi connectivity index (χ0v) is 15.4. The van der Waals surface area contributed by atoms with Gasteiger partial charge >= 0.3 is 0 Å². The lowest BCUT2D eigenvalue weighted by molar-refractivity contribution is -0.139. The fourth-order valence-electron chi connectivity index (χ4n) is 3.40. The first-order chi connectivity index (χ1) is 13.0. The minimum atomic E-state index is -0.726. The van der Waals surface area contributed by atoms with Crippen LogP contribution in [-0.2, 0) is 16.0 Å². The smallest absolute Gasteiger partial charge is 0.295 e. The van der Waals surface area contributed by atoms with Crippen molar-refractivity contribution in [1.82, 2.24) is 4.90 Å². The average Bonchev–Trinajstić information content (AvgIpc) is 2.93. The zero-order chi connectivity index (χ0) is 19.6. The maximum atomic E-state index is 13.4. The number of ketones is 1. The standard InChI is InChI=1S/C22H22FNO3/c1-3-13-24-19(15-9-11-17(23)12-10-15)18(21(26)22(24)27)20(25)16-7-5-14(4-2)6-8-16/h5-12,19,25H,3-4,13H2,1-2H3/b20-18-. The van der Waals surface area contributed by atoms with Gasteiger partial charge in [0.05, 0.1) is 11.6 Å². The summed E-state index contributed by atoms with van der Waals surface area (Å²) >= 11 is 0. The third kappa shape index (κ3) is 3.50. The second kappa shape index (κ2) is 7.74. The molecule has 0 aromatic heterocycles. The van der Waals surface area contributed by atoms with Crippen LogP contribution < -0.4 is 0 Å². The number of rotatable bonds is 5. The van der Waals surface area contributed by atoms with E-state index in [1.165, 1.54) is 17.0 Å². The number of halogens is 1. The maximum absolute atomic E-state index is 13.4. The number of aliphatic hydroxyl groups is 1. The second-order valence-electron chi connectivity index (χ2n) is 6.59. The Hall–Kier alpha value is -2.95. The summed E-state index contributed by atoms with van der Waals surface area (Å²) in [6.07, 6.45) is 1.52. The molecule has 1 heterocycles. The van der Waals surface area contributed by atoms with E-state index in [1.54, 1.807) is 24.3 Å². The number of aliphatic hydroxyl groups excluding tert-OH is 1. The molecule has 1 aliphatic rings. The number of hydrogen-bond donors (Lipinski definition) is 1. The Labute approximate surface area is 157 Å². The molecule has 0 aliphatic carbocycles. The van der Waals surface area contributed by atoms with Crippen molar-refractivity contribution in [2.75, 3.05) is 6.54 Å². The van der Waals surface area contributed by atoms with Crippen LogP contribution in [0.4, 0.5) is 4.39 Å². The van der Waals surface area contributed by atoms with Crippen LogP contribution in [0.3, 0.4) is 0 Å². The minimum Gasteiger partial charge on any atom is -0.507 e. The fourth-order valence-corrected chi connectivity index (χ4v) is 3.40. The molecule has 1 saturated heterocycles. The molecule has 1 atom stereocenters. The van der Waals surface area contributed by atoms with Crippen molar-refractivity contribution >= 4 is 17.4 Å². The van der Waals surface area contributed by atoms with Crippen LogP contribution in [0.5, 0.6) is 0 Å².